The van der Waals surface area contributed by atoms with Crippen molar-refractivity contribution in [1.82, 2.24) is 4.98 Å². The Bertz CT molecular complexity index is 868. The Balaban J connectivity index is 2.19. The predicted molar refractivity (Wildman–Crippen MR) is 80.2 cm³/mol. The molecule has 0 spiro atoms. The molecule has 1 N–H and O–H groups in total. The number of carbonyl (C=O) groups excluding carboxylic acids is 1. The summed E-state index contributed by atoms with van der Waals surface area (Å²) in [7, 11) is 1.85. The SMILES string of the molecule is CNc1c2c(nc3ccccc13)-c1ccccc1C2=O. The van der Waals surface area contributed by atoms with Crippen molar-refractivity contribution in [2.45, 2.75) is 0 Å². The molecule has 2 aromatic carbocycles. The molecule has 1 aliphatic carbocycles. The summed E-state index contributed by atoms with van der Waals surface area (Å²) in [4.78, 5) is 17.3. The third-order valence-corrected chi connectivity index (χ3v) is 3.80. The van der Waals surface area contributed by atoms with Gasteiger partial charge in [0.25, 0.3) is 0 Å². The third-order valence-electron chi connectivity index (χ3n) is 3.80. The minimum absolute atomic E-state index is 0.0539. The van der Waals surface area contributed by atoms with E-state index in [1.54, 1.807) is 0 Å². The molecule has 0 unspecified atom stereocenters. The van der Waals surface area contributed by atoms with Gasteiger partial charge in [0.05, 0.1) is 22.5 Å². The fourth-order valence-corrected chi connectivity index (χ4v) is 2.91. The van der Waals surface area contributed by atoms with Crippen molar-refractivity contribution in [3.8, 4) is 11.3 Å². The minimum Gasteiger partial charge on any atom is -0.387 e. The van der Waals surface area contributed by atoms with Crippen molar-refractivity contribution in [2.24, 2.45) is 0 Å². The second kappa shape index (κ2) is 3.90. The van der Waals surface area contributed by atoms with Crippen LogP contribution in [0.2, 0.25) is 0 Å². The topological polar surface area (TPSA) is 42.0 Å². The van der Waals surface area contributed by atoms with Crippen LogP contribution in [0.4, 0.5) is 5.69 Å². The fraction of sp³-hybridized carbons (Fsp3) is 0.0588. The number of nitrogens with one attached hydrogen (secondary N) is 1. The Morgan fingerprint density at radius 1 is 0.950 bits per heavy atom. The maximum atomic E-state index is 12.6. The van der Waals surface area contributed by atoms with Crippen LogP contribution in [0.1, 0.15) is 15.9 Å². The van der Waals surface area contributed by atoms with Gasteiger partial charge in [0.2, 0.25) is 0 Å². The molecule has 3 heteroatoms. The summed E-state index contributed by atoms with van der Waals surface area (Å²) in [5.74, 6) is 0.0539. The van der Waals surface area contributed by atoms with Crippen molar-refractivity contribution in [3.63, 3.8) is 0 Å². The molecule has 1 heterocycles. The second-order valence-corrected chi connectivity index (χ2v) is 4.85. The van der Waals surface area contributed by atoms with Crippen molar-refractivity contribution in [2.75, 3.05) is 12.4 Å². The molecule has 3 nitrogen and oxygen atoms in total. The van der Waals surface area contributed by atoms with Gasteiger partial charge in [0.1, 0.15) is 0 Å². The fourth-order valence-electron chi connectivity index (χ4n) is 2.91. The molecule has 1 aromatic heterocycles. The van der Waals surface area contributed by atoms with Gasteiger partial charge in [-0.2, -0.15) is 0 Å². The Kier molecular flexibility index (Phi) is 2.18. The molecule has 0 amide bonds. The van der Waals surface area contributed by atoms with E-state index in [4.69, 9.17) is 4.98 Å². The zero-order valence-electron chi connectivity index (χ0n) is 11.0. The first kappa shape index (κ1) is 11.2. The standard InChI is InChI=1S/C17H12N2O/c1-18-15-12-8-4-5-9-13(12)19-16-10-6-2-3-7-11(10)17(20)14(15)16/h2-9H,1H3,(H,18,19). The lowest BCUT2D eigenvalue weighted by molar-refractivity contribution is 0.104. The van der Waals surface area contributed by atoms with Gasteiger partial charge in [-0.15, -0.1) is 0 Å². The largest absolute Gasteiger partial charge is 0.387 e. The molecule has 0 fully saturated rings. The van der Waals surface area contributed by atoms with E-state index in [1.165, 1.54) is 0 Å². The molecule has 20 heavy (non-hydrogen) atoms. The summed E-state index contributed by atoms with van der Waals surface area (Å²) in [6.45, 7) is 0. The number of benzene rings is 2. The monoisotopic (exact) mass is 260 g/mol. The van der Waals surface area contributed by atoms with Gasteiger partial charge >= 0.3 is 0 Å². The second-order valence-electron chi connectivity index (χ2n) is 4.85. The molecular formula is C17H12N2O. The first-order valence-electron chi connectivity index (χ1n) is 6.56. The highest BCUT2D eigenvalue weighted by molar-refractivity contribution is 6.26. The van der Waals surface area contributed by atoms with E-state index in [0.717, 1.165) is 33.4 Å². The Labute approximate surface area is 116 Å². The van der Waals surface area contributed by atoms with E-state index in [9.17, 15) is 4.79 Å². The van der Waals surface area contributed by atoms with Gasteiger partial charge in [-0.3, -0.25) is 4.79 Å². The number of anilines is 1. The molecule has 96 valence electrons. The van der Waals surface area contributed by atoms with Gasteiger partial charge in [0.15, 0.2) is 5.78 Å². The average molecular weight is 260 g/mol. The van der Waals surface area contributed by atoms with E-state index < -0.39 is 0 Å². The maximum Gasteiger partial charge on any atom is 0.198 e. The first-order chi connectivity index (χ1) is 9.81. The molecule has 0 saturated carbocycles. The molecule has 3 aromatic rings. The normalized spacial score (nSPS) is 12.3. The van der Waals surface area contributed by atoms with Gasteiger partial charge in [-0.1, -0.05) is 42.5 Å². The number of hydrogen-bond donors (Lipinski definition) is 1. The number of carbonyl (C=O) groups is 1. The number of nitrogens with zero attached hydrogens (tertiary/aromatic N) is 1. The highest BCUT2D eigenvalue weighted by Gasteiger charge is 2.31. The summed E-state index contributed by atoms with van der Waals surface area (Å²) >= 11 is 0. The zero-order valence-corrected chi connectivity index (χ0v) is 11.0. The Morgan fingerprint density at radius 3 is 2.45 bits per heavy atom. The van der Waals surface area contributed by atoms with Crippen LogP contribution in [-0.2, 0) is 0 Å². The lowest BCUT2D eigenvalue weighted by Crippen LogP contribution is -2.03. The van der Waals surface area contributed by atoms with Crippen LogP contribution >= 0.6 is 0 Å². The Morgan fingerprint density at radius 2 is 1.65 bits per heavy atom. The molecule has 0 atom stereocenters. The zero-order chi connectivity index (χ0) is 13.7. The van der Waals surface area contributed by atoms with E-state index >= 15 is 0 Å². The smallest absolute Gasteiger partial charge is 0.198 e. The van der Waals surface area contributed by atoms with Crippen LogP contribution < -0.4 is 5.32 Å². The quantitative estimate of drug-likeness (QED) is 0.569. The number of ketones is 1. The summed E-state index contributed by atoms with van der Waals surface area (Å²) in [5.41, 5.74) is 4.91. The molecular weight excluding hydrogens is 248 g/mol. The van der Waals surface area contributed by atoms with E-state index in [1.807, 2.05) is 55.6 Å². The summed E-state index contributed by atoms with van der Waals surface area (Å²) in [6, 6.07) is 15.5. The van der Waals surface area contributed by atoms with Crippen molar-refractivity contribution in [1.29, 1.82) is 0 Å². The number of para-hydroxylation sites is 1. The van der Waals surface area contributed by atoms with Gasteiger partial charge < -0.3 is 5.32 Å². The van der Waals surface area contributed by atoms with Gasteiger partial charge in [-0.25, -0.2) is 4.98 Å². The van der Waals surface area contributed by atoms with Crippen molar-refractivity contribution in [3.05, 3.63) is 59.7 Å². The molecule has 0 bridgehead atoms. The van der Waals surface area contributed by atoms with Crippen LogP contribution in [0, 0.1) is 0 Å². The van der Waals surface area contributed by atoms with Crippen LogP contribution in [0.15, 0.2) is 48.5 Å². The lowest BCUT2D eigenvalue weighted by atomic mass is 10.1. The van der Waals surface area contributed by atoms with Crippen LogP contribution in [0.5, 0.6) is 0 Å². The van der Waals surface area contributed by atoms with Crippen molar-refractivity contribution >= 4 is 22.4 Å². The highest BCUT2D eigenvalue weighted by Crippen LogP contribution is 2.41. The first-order valence-corrected chi connectivity index (χ1v) is 6.56. The third kappa shape index (κ3) is 1.29. The number of hydrogen-bond acceptors (Lipinski definition) is 3. The minimum atomic E-state index is 0.0539. The number of pyridine rings is 1. The van der Waals surface area contributed by atoms with Crippen molar-refractivity contribution < 1.29 is 4.79 Å². The Hall–Kier alpha value is -2.68. The molecule has 0 aliphatic heterocycles. The number of aromatic nitrogens is 1. The maximum absolute atomic E-state index is 12.6. The number of rotatable bonds is 1. The summed E-state index contributed by atoms with van der Waals surface area (Å²) < 4.78 is 0. The average Bonchev–Trinajstić information content (AvgIpc) is 2.79. The van der Waals surface area contributed by atoms with E-state index in [2.05, 4.69) is 5.32 Å². The summed E-state index contributed by atoms with van der Waals surface area (Å²) in [6.07, 6.45) is 0. The summed E-state index contributed by atoms with van der Waals surface area (Å²) in [5, 5.41) is 4.16. The number of fused-ring (bicyclic) bond motifs is 4. The van der Waals surface area contributed by atoms with Crippen LogP contribution in [0.25, 0.3) is 22.2 Å². The highest BCUT2D eigenvalue weighted by atomic mass is 16.1. The van der Waals surface area contributed by atoms with Crippen LogP contribution in [0.3, 0.4) is 0 Å². The lowest BCUT2D eigenvalue weighted by Gasteiger charge is -2.10. The van der Waals surface area contributed by atoms with Gasteiger partial charge in [0, 0.05) is 23.6 Å². The molecule has 1 aliphatic rings. The predicted octanol–water partition coefficient (Wildman–Crippen LogP) is 3.49. The van der Waals surface area contributed by atoms with E-state index in [0.29, 0.717) is 5.56 Å². The molecule has 0 radical (unpaired) electrons. The molecule has 4 rings (SSSR count). The van der Waals surface area contributed by atoms with Gasteiger partial charge in [-0.05, 0) is 6.07 Å². The van der Waals surface area contributed by atoms with E-state index in [-0.39, 0.29) is 5.78 Å². The van der Waals surface area contributed by atoms with Crippen LogP contribution in [-0.4, -0.2) is 17.8 Å². The molecule has 0 saturated heterocycles.